The van der Waals surface area contributed by atoms with E-state index in [1.165, 1.54) is 70.8 Å². The van der Waals surface area contributed by atoms with Crippen molar-refractivity contribution < 1.29 is 0 Å². The average Bonchev–Trinajstić information content (AvgIpc) is 2.52. The molecule has 3 fully saturated rings. The van der Waals surface area contributed by atoms with E-state index >= 15 is 0 Å². The summed E-state index contributed by atoms with van der Waals surface area (Å²) < 4.78 is 0. The quantitative estimate of drug-likeness (QED) is 0.825. The maximum atomic E-state index is 3.81. The summed E-state index contributed by atoms with van der Waals surface area (Å²) in [4.78, 5) is 3.00. The molecule has 1 saturated carbocycles. The van der Waals surface area contributed by atoms with Crippen LogP contribution in [0.3, 0.4) is 0 Å². The number of hydrogen-bond donors (Lipinski definition) is 1. The average molecular weight is 311 g/mol. The molecule has 0 amide bonds. The number of hydrogen-bond acceptors (Lipinski definition) is 3. The SMILES string of the molecule is CCCNC1CC2CCCC(C1)N2C1CCC(SC)CC1. The summed E-state index contributed by atoms with van der Waals surface area (Å²) in [6, 6.07) is 3.50. The van der Waals surface area contributed by atoms with Crippen molar-refractivity contribution in [1.82, 2.24) is 10.2 Å². The van der Waals surface area contributed by atoms with E-state index in [0.29, 0.717) is 0 Å². The molecule has 0 radical (unpaired) electrons. The Morgan fingerprint density at radius 2 is 1.62 bits per heavy atom. The van der Waals surface area contributed by atoms with E-state index in [1.54, 1.807) is 0 Å². The van der Waals surface area contributed by atoms with Crippen molar-refractivity contribution in [1.29, 1.82) is 0 Å². The molecule has 1 aliphatic carbocycles. The van der Waals surface area contributed by atoms with Crippen LogP contribution >= 0.6 is 11.8 Å². The van der Waals surface area contributed by atoms with Crippen molar-refractivity contribution in [3.63, 3.8) is 0 Å². The van der Waals surface area contributed by atoms with E-state index in [0.717, 1.165) is 29.4 Å². The number of piperidine rings is 2. The van der Waals surface area contributed by atoms with Crippen LogP contribution in [0.4, 0.5) is 0 Å². The van der Waals surface area contributed by atoms with Gasteiger partial charge in [0.2, 0.25) is 0 Å². The van der Waals surface area contributed by atoms with Crippen LogP contribution in [0.2, 0.25) is 0 Å². The Kier molecular flexibility index (Phi) is 5.92. The van der Waals surface area contributed by atoms with Gasteiger partial charge in [-0.1, -0.05) is 13.3 Å². The zero-order valence-corrected chi connectivity index (χ0v) is 14.8. The molecule has 21 heavy (non-hydrogen) atoms. The molecular weight excluding hydrogens is 276 g/mol. The van der Waals surface area contributed by atoms with Crippen molar-refractivity contribution in [3.05, 3.63) is 0 Å². The highest BCUT2D eigenvalue weighted by atomic mass is 32.2. The zero-order chi connectivity index (χ0) is 14.7. The first kappa shape index (κ1) is 16.1. The Morgan fingerprint density at radius 1 is 0.952 bits per heavy atom. The molecule has 2 atom stereocenters. The summed E-state index contributed by atoms with van der Waals surface area (Å²) in [5.74, 6) is 0. The molecule has 2 bridgehead atoms. The molecule has 2 nitrogen and oxygen atoms in total. The molecule has 122 valence electrons. The second-order valence-electron chi connectivity index (χ2n) is 7.47. The number of nitrogens with one attached hydrogen (secondary N) is 1. The summed E-state index contributed by atoms with van der Waals surface area (Å²) >= 11 is 2.10. The lowest BCUT2D eigenvalue weighted by Gasteiger charge is -2.53. The summed E-state index contributed by atoms with van der Waals surface area (Å²) in [5.41, 5.74) is 0. The molecule has 2 aliphatic heterocycles. The molecule has 2 saturated heterocycles. The molecule has 0 aromatic heterocycles. The molecular formula is C18H34N2S. The molecule has 3 aliphatic rings. The van der Waals surface area contributed by atoms with Crippen LogP contribution in [-0.2, 0) is 0 Å². The molecule has 0 spiro atoms. The molecule has 3 rings (SSSR count). The van der Waals surface area contributed by atoms with Crippen LogP contribution in [-0.4, -0.2) is 47.1 Å². The third kappa shape index (κ3) is 3.79. The second-order valence-corrected chi connectivity index (χ2v) is 8.61. The smallest absolute Gasteiger partial charge is 0.0116 e. The fraction of sp³-hybridized carbons (Fsp3) is 1.00. The van der Waals surface area contributed by atoms with Gasteiger partial charge in [0.05, 0.1) is 0 Å². The minimum absolute atomic E-state index is 0.805. The maximum absolute atomic E-state index is 3.81. The molecule has 2 heterocycles. The number of rotatable bonds is 5. The van der Waals surface area contributed by atoms with Gasteiger partial charge in [0.1, 0.15) is 0 Å². The van der Waals surface area contributed by atoms with Gasteiger partial charge in [0.15, 0.2) is 0 Å². The first-order valence-corrected chi connectivity index (χ1v) is 10.6. The van der Waals surface area contributed by atoms with E-state index in [1.807, 2.05) is 0 Å². The van der Waals surface area contributed by atoms with Gasteiger partial charge in [-0.25, -0.2) is 0 Å². The Morgan fingerprint density at radius 3 is 2.19 bits per heavy atom. The van der Waals surface area contributed by atoms with E-state index < -0.39 is 0 Å². The van der Waals surface area contributed by atoms with Gasteiger partial charge in [0.25, 0.3) is 0 Å². The third-order valence-corrected chi connectivity index (χ3v) is 7.25. The van der Waals surface area contributed by atoms with Gasteiger partial charge in [-0.2, -0.15) is 11.8 Å². The van der Waals surface area contributed by atoms with Gasteiger partial charge in [-0.15, -0.1) is 0 Å². The Balaban J connectivity index is 1.59. The minimum atomic E-state index is 0.805. The monoisotopic (exact) mass is 310 g/mol. The van der Waals surface area contributed by atoms with Crippen molar-refractivity contribution in [2.45, 2.75) is 101 Å². The summed E-state index contributed by atoms with van der Waals surface area (Å²) in [6.07, 6.45) is 16.6. The Bertz CT molecular complexity index is 300. The lowest BCUT2D eigenvalue weighted by atomic mass is 9.78. The molecule has 3 heteroatoms. The molecule has 1 N–H and O–H groups in total. The van der Waals surface area contributed by atoms with Crippen molar-refractivity contribution in [2.75, 3.05) is 12.8 Å². The molecule has 0 aromatic rings. The van der Waals surface area contributed by atoms with Gasteiger partial charge < -0.3 is 5.32 Å². The predicted molar refractivity (Wildman–Crippen MR) is 94.1 cm³/mol. The number of thioether (sulfide) groups is 1. The lowest BCUT2D eigenvalue weighted by Crippen LogP contribution is -2.60. The van der Waals surface area contributed by atoms with E-state index in [4.69, 9.17) is 0 Å². The van der Waals surface area contributed by atoms with Gasteiger partial charge in [-0.05, 0) is 70.6 Å². The summed E-state index contributed by atoms with van der Waals surface area (Å²) in [6.45, 7) is 3.50. The fourth-order valence-electron chi connectivity index (χ4n) is 5.11. The zero-order valence-electron chi connectivity index (χ0n) is 14.0. The topological polar surface area (TPSA) is 15.3 Å². The summed E-state index contributed by atoms with van der Waals surface area (Å²) in [7, 11) is 0. The van der Waals surface area contributed by atoms with Crippen molar-refractivity contribution in [3.8, 4) is 0 Å². The van der Waals surface area contributed by atoms with Crippen molar-refractivity contribution >= 4 is 11.8 Å². The lowest BCUT2D eigenvalue weighted by molar-refractivity contribution is -0.0215. The minimum Gasteiger partial charge on any atom is -0.314 e. The molecule has 2 unspecified atom stereocenters. The fourth-order valence-corrected chi connectivity index (χ4v) is 5.85. The van der Waals surface area contributed by atoms with E-state index in [-0.39, 0.29) is 0 Å². The number of fused-ring (bicyclic) bond motifs is 2. The first-order valence-electron chi connectivity index (χ1n) is 9.35. The normalized spacial score (nSPS) is 41.1. The highest BCUT2D eigenvalue weighted by molar-refractivity contribution is 7.99. The second kappa shape index (κ2) is 7.70. The van der Waals surface area contributed by atoms with Crippen LogP contribution in [0, 0.1) is 0 Å². The Labute approximate surface area is 135 Å². The van der Waals surface area contributed by atoms with E-state index in [2.05, 4.69) is 35.2 Å². The van der Waals surface area contributed by atoms with Crippen LogP contribution in [0.25, 0.3) is 0 Å². The van der Waals surface area contributed by atoms with Crippen LogP contribution < -0.4 is 5.32 Å². The standard InChI is InChI=1S/C18H34N2S/c1-3-11-19-14-12-16-5-4-6-17(13-14)20(16)15-7-9-18(21-2)10-8-15/h14-19H,3-13H2,1-2H3. The largest absolute Gasteiger partial charge is 0.314 e. The van der Waals surface area contributed by atoms with Crippen LogP contribution in [0.1, 0.15) is 71.1 Å². The Hall–Kier alpha value is 0.270. The first-order chi connectivity index (χ1) is 10.3. The molecule has 0 aromatic carbocycles. The van der Waals surface area contributed by atoms with Gasteiger partial charge >= 0.3 is 0 Å². The number of nitrogens with zero attached hydrogens (tertiary/aromatic N) is 1. The third-order valence-electron chi connectivity index (χ3n) is 6.11. The highest BCUT2D eigenvalue weighted by Gasteiger charge is 2.42. The van der Waals surface area contributed by atoms with E-state index in [9.17, 15) is 0 Å². The summed E-state index contributed by atoms with van der Waals surface area (Å²) in [5, 5.41) is 4.76. The van der Waals surface area contributed by atoms with Gasteiger partial charge in [0, 0.05) is 29.4 Å². The van der Waals surface area contributed by atoms with Crippen LogP contribution in [0.15, 0.2) is 0 Å². The highest BCUT2D eigenvalue weighted by Crippen LogP contribution is 2.40. The van der Waals surface area contributed by atoms with Crippen molar-refractivity contribution in [2.24, 2.45) is 0 Å². The van der Waals surface area contributed by atoms with Gasteiger partial charge in [-0.3, -0.25) is 4.90 Å². The predicted octanol–water partition coefficient (Wildman–Crippen LogP) is 4.05. The maximum Gasteiger partial charge on any atom is 0.0116 e. The van der Waals surface area contributed by atoms with Crippen LogP contribution in [0.5, 0.6) is 0 Å².